The van der Waals surface area contributed by atoms with Crippen LogP contribution in [0, 0.1) is 0 Å². The molecule has 0 heterocycles. The van der Waals surface area contributed by atoms with Crippen molar-refractivity contribution >= 4 is 11.7 Å². The highest BCUT2D eigenvalue weighted by Crippen LogP contribution is 1.99. The zero-order valence-corrected chi connectivity index (χ0v) is 9.04. The Labute approximate surface area is 84.7 Å². The van der Waals surface area contributed by atoms with Crippen LogP contribution >= 0.6 is 0 Å². The van der Waals surface area contributed by atoms with Gasteiger partial charge in [-0.25, -0.2) is 0 Å². The number of aliphatic hydroxyl groups is 1. The molecule has 0 bridgehead atoms. The fourth-order valence-electron chi connectivity index (χ4n) is 1.19. The van der Waals surface area contributed by atoms with Gasteiger partial charge in [-0.3, -0.25) is 9.59 Å². The summed E-state index contributed by atoms with van der Waals surface area (Å²) in [4.78, 5) is 22.3. The molecule has 1 amide bonds. The van der Waals surface area contributed by atoms with Crippen LogP contribution in [-0.2, 0) is 9.59 Å². The third-order valence-electron chi connectivity index (χ3n) is 1.88. The maximum atomic E-state index is 11.2. The van der Waals surface area contributed by atoms with Crippen molar-refractivity contribution in [2.45, 2.75) is 52.2 Å². The number of Topliss-reactive ketones (excluding diaryl/α,β-unsaturated/α-hetero) is 1. The first-order valence-corrected chi connectivity index (χ1v) is 4.95. The molecule has 2 unspecified atom stereocenters. The standard InChI is InChI=1S/C10H19NO3/c1-4-5-9(8(3)13)11-10(14)6-7(2)12/h7,9,12H,4-6H2,1-3H3,(H,11,14). The largest absolute Gasteiger partial charge is 0.393 e. The molecule has 0 saturated carbocycles. The summed E-state index contributed by atoms with van der Waals surface area (Å²) in [5.41, 5.74) is 0. The SMILES string of the molecule is CCCC(NC(=O)CC(C)O)C(C)=O. The van der Waals surface area contributed by atoms with Gasteiger partial charge >= 0.3 is 0 Å². The van der Waals surface area contributed by atoms with Gasteiger partial charge in [0, 0.05) is 0 Å². The zero-order valence-electron chi connectivity index (χ0n) is 9.04. The topological polar surface area (TPSA) is 66.4 Å². The normalized spacial score (nSPS) is 14.6. The maximum Gasteiger partial charge on any atom is 0.223 e. The monoisotopic (exact) mass is 201 g/mol. The Bertz CT molecular complexity index is 202. The maximum absolute atomic E-state index is 11.2. The molecule has 0 radical (unpaired) electrons. The zero-order chi connectivity index (χ0) is 11.1. The van der Waals surface area contributed by atoms with E-state index in [9.17, 15) is 9.59 Å². The van der Waals surface area contributed by atoms with Crippen molar-refractivity contribution in [1.82, 2.24) is 5.32 Å². The Morgan fingerprint density at radius 2 is 2.00 bits per heavy atom. The molecule has 4 nitrogen and oxygen atoms in total. The molecule has 0 aliphatic carbocycles. The van der Waals surface area contributed by atoms with Crippen molar-refractivity contribution in [3.05, 3.63) is 0 Å². The van der Waals surface area contributed by atoms with E-state index in [1.54, 1.807) is 6.92 Å². The molecule has 4 heteroatoms. The van der Waals surface area contributed by atoms with E-state index in [2.05, 4.69) is 5.32 Å². The lowest BCUT2D eigenvalue weighted by atomic mass is 10.1. The molecule has 2 N–H and O–H groups in total. The van der Waals surface area contributed by atoms with Crippen molar-refractivity contribution in [2.75, 3.05) is 0 Å². The van der Waals surface area contributed by atoms with Gasteiger partial charge in [0.2, 0.25) is 5.91 Å². The van der Waals surface area contributed by atoms with E-state index < -0.39 is 12.1 Å². The molecule has 0 aromatic carbocycles. The van der Waals surface area contributed by atoms with Crippen LogP contribution in [0.2, 0.25) is 0 Å². The van der Waals surface area contributed by atoms with Crippen LogP contribution in [0.25, 0.3) is 0 Å². The van der Waals surface area contributed by atoms with E-state index in [-0.39, 0.29) is 18.1 Å². The Hall–Kier alpha value is -0.900. The van der Waals surface area contributed by atoms with Gasteiger partial charge < -0.3 is 10.4 Å². The highest BCUT2D eigenvalue weighted by atomic mass is 16.3. The molecule has 2 atom stereocenters. The number of amides is 1. The summed E-state index contributed by atoms with van der Waals surface area (Å²) in [6.45, 7) is 4.96. The Morgan fingerprint density at radius 1 is 1.43 bits per heavy atom. The molecular weight excluding hydrogens is 182 g/mol. The smallest absolute Gasteiger partial charge is 0.223 e. The second-order valence-electron chi connectivity index (χ2n) is 3.57. The van der Waals surface area contributed by atoms with Crippen LogP contribution in [0.3, 0.4) is 0 Å². The lowest BCUT2D eigenvalue weighted by molar-refractivity contribution is -0.128. The number of hydrogen-bond donors (Lipinski definition) is 2. The second-order valence-corrected chi connectivity index (χ2v) is 3.57. The summed E-state index contributed by atoms with van der Waals surface area (Å²) in [6, 6.07) is -0.397. The molecular formula is C10H19NO3. The van der Waals surface area contributed by atoms with Crippen molar-refractivity contribution in [2.24, 2.45) is 0 Å². The van der Waals surface area contributed by atoms with Gasteiger partial charge in [-0.1, -0.05) is 13.3 Å². The highest BCUT2D eigenvalue weighted by molar-refractivity contribution is 5.87. The number of carbonyl (C=O) groups excluding carboxylic acids is 2. The lowest BCUT2D eigenvalue weighted by Gasteiger charge is -2.15. The van der Waals surface area contributed by atoms with Crippen molar-refractivity contribution in [3.8, 4) is 0 Å². The summed E-state index contributed by atoms with van der Waals surface area (Å²) >= 11 is 0. The molecule has 0 rings (SSSR count). The van der Waals surface area contributed by atoms with E-state index in [1.807, 2.05) is 6.92 Å². The van der Waals surface area contributed by atoms with E-state index in [0.29, 0.717) is 6.42 Å². The third kappa shape index (κ3) is 5.70. The number of aliphatic hydroxyl groups excluding tert-OH is 1. The number of ketones is 1. The first-order chi connectivity index (χ1) is 6.47. The van der Waals surface area contributed by atoms with Gasteiger partial charge in [0.15, 0.2) is 5.78 Å². The average Bonchev–Trinajstić information content (AvgIpc) is 2.01. The Balaban J connectivity index is 4.02. The number of rotatable bonds is 6. The van der Waals surface area contributed by atoms with Crippen LogP contribution in [0.4, 0.5) is 0 Å². The van der Waals surface area contributed by atoms with Crippen LogP contribution in [-0.4, -0.2) is 28.9 Å². The number of hydrogen-bond acceptors (Lipinski definition) is 3. The van der Waals surface area contributed by atoms with Crippen LogP contribution in [0.1, 0.15) is 40.0 Å². The molecule has 0 aromatic rings. The van der Waals surface area contributed by atoms with E-state index in [0.717, 1.165) is 6.42 Å². The lowest BCUT2D eigenvalue weighted by Crippen LogP contribution is -2.40. The summed E-state index contributed by atoms with van der Waals surface area (Å²) in [5, 5.41) is 11.6. The van der Waals surface area contributed by atoms with Crippen molar-refractivity contribution in [3.63, 3.8) is 0 Å². The molecule has 0 aromatic heterocycles. The van der Waals surface area contributed by atoms with Crippen LogP contribution in [0.15, 0.2) is 0 Å². The van der Waals surface area contributed by atoms with Gasteiger partial charge in [-0.2, -0.15) is 0 Å². The second kappa shape index (κ2) is 6.54. The first kappa shape index (κ1) is 13.1. The van der Waals surface area contributed by atoms with Crippen molar-refractivity contribution < 1.29 is 14.7 Å². The Morgan fingerprint density at radius 3 is 2.36 bits per heavy atom. The number of carbonyl (C=O) groups is 2. The summed E-state index contributed by atoms with van der Waals surface area (Å²) in [7, 11) is 0. The third-order valence-corrected chi connectivity index (χ3v) is 1.88. The number of nitrogens with one attached hydrogen (secondary N) is 1. The minimum Gasteiger partial charge on any atom is -0.393 e. The van der Waals surface area contributed by atoms with Gasteiger partial charge in [0.25, 0.3) is 0 Å². The summed E-state index contributed by atoms with van der Waals surface area (Å²) in [6.07, 6.45) is 0.886. The van der Waals surface area contributed by atoms with Gasteiger partial charge in [-0.05, 0) is 20.3 Å². The minimum absolute atomic E-state index is 0.0363. The molecule has 0 saturated heterocycles. The molecule has 0 aliphatic rings. The fourth-order valence-corrected chi connectivity index (χ4v) is 1.19. The minimum atomic E-state index is -0.663. The van der Waals surface area contributed by atoms with Crippen LogP contribution in [0.5, 0.6) is 0 Å². The summed E-state index contributed by atoms with van der Waals surface area (Å²) in [5.74, 6) is -0.306. The Kier molecular flexibility index (Phi) is 6.12. The molecule has 0 fully saturated rings. The first-order valence-electron chi connectivity index (χ1n) is 4.95. The molecule has 0 spiro atoms. The van der Waals surface area contributed by atoms with Crippen molar-refractivity contribution in [1.29, 1.82) is 0 Å². The van der Waals surface area contributed by atoms with Gasteiger partial charge in [0.1, 0.15) is 0 Å². The van der Waals surface area contributed by atoms with Gasteiger partial charge in [-0.15, -0.1) is 0 Å². The van der Waals surface area contributed by atoms with E-state index in [4.69, 9.17) is 5.11 Å². The molecule has 82 valence electrons. The molecule has 0 aliphatic heterocycles. The van der Waals surface area contributed by atoms with Gasteiger partial charge in [0.05, 0.1) is 18.6 Å². The molecule has 14 heavy (non-hydrogen) atoms. The summed E-state index contributed by atoms with van der Waals surface area (Å²) < 4.78 is 0. The quantitative estimate of drug-likeness (QED) is 0.662. The van der Waals surface area contributed by atoms with E-state index >= 15 is 0 Å². The fraction of sp³-hybridized carbons (Fsp3) is 0.800. The predicted octanol–water partition coefficient (Wildman–Crippen LogP) is 0.631. The van der Waals surface area contributed by atoms with Crippen LogP contribution < -0.4 is 5.32 Å². The predicted molar refractivity (Wildman–Crippen MR) is 53.8 cm³/mol. The average molecular weight is 201 g/mol. The van der Waals surface area contributed by atoms with E-state index in [1.165, 1.54) is 6.92 Å². The highest BCUT2D eigenvalue weighted by Gasteiger charge is 2.16.